The summed E-state index contributed by atoms with van der Waals surface area (Å²) in [6.45, 7) is 7.74. The lowest BCUT2D eigenvalue weighted by atomic mass is 10.1. The van der Waals surface area contributed by atoms with Gasteiger partial charge in [-0.05, 0) is 51.5 Å². The molecule has 0 fully saturated rings. The van der Waals surface area contributed by atoms with Crippen molar-refractivity contribution in [3.8, 4) is 5.75 Å². The van der Waals surface area contributed by atoms with E-state index in [0.717, 1.165) is 17.0 Å². The molecule has 0 unspecified atom stereocenters. The maximum Gasteiger partial charge on any atom is 0.319 e. The molecule has 94 valence electrons. The van der Waals surface area contributed by atoms with Crippen LogP contribution in [-0.4, -0.2) is 18.7 Å². The fourth-order valence-corrected chi connectivity index (χ4v) is 1.40. The average Bonchev–Trinajstić information content (AvgIpc) is 2.18. The summed E-state index contributed by atoms with van der Waals surface area (Å²) in [5.41, 5.74) is 1.51. The molecule has 0 spiro atoms. The molecule has 1 rings (SSSR count). The molecule has 0 heterocycles. The van der Waals surface area contributed by atoms with E-state index >= 15 is 0 Å². The highest BCUT2D eigenvalue weighted by Gasteiger charge is 2.14. The zero-order valence-electron chi connectivity index (χ0n) is 11.0. The molecule has 0 bridgehead atoms. The normalized spacial score (nSPS) is 10.9. The number of anilines is 1. The average molecular weight is 236 g/mol. The Hall–Kier alpha value is -1.71. The lowest BCUT2D eigenvalue weighted by Crippen LogP contribution is -2.43. The van der Waals surface area contributed by atoms with Crippen LogP contribution in [0, 0.1) is 6.92 Å². The second-order valence-corrected chi connectivity index (χ2v) is 5.01. The standard InChI is InChI=1S/C13H20N2O2/c1-9-8-10(17-5)6-7-11(9)14-12(16)15-13(2,3)4/h6-8H,1-5H3,(H2,14,15,16). The number of benzene rings is 1. The van der Waals surface area contributed by atoms with Gasteiger partial charge in [-0.2, -0.15) is 0 Å². The molecule has 0 aliphatic rings. The summed E-state index contributed by atoms with van der Waals surface area (Å²) >= 11 is 0. The highest BCUT2D eigenvalue weighted by Crippen LogP contribution is 2.20. The predicted molar refractivity (Wildman–Crippen MR) is 69.6 cm³/mol. The Kier molecular flexibility index (Phi) is 3.99. The first-order valence-electron chi connectivity index (χ1n) is 5.55. The van der Waals surface area contributed by atoms with Crippen LogP contribution >= 0.6 is 0 Å². The first-order chi connectivity index (χ1) is 7.81. The third-order valence-corrected chi connectivity index (χ3v) is 2.17. The minimum atomic E-state index is -0.246. The topological polar surface area (TPSA) is 50.4 Å². The van der Waals surface area contributed by atoms with E-state index in [1.807, 2.05) is 45.9 Å². The number of carbonyl (C=O) groups excluding carboxylic acids is 1. The van der Waals surface area contributed by atoms with Gasteiger partial charge in [-0.3, -0.25) is 0 Å². The fourth-order valence-electron chi connectivity index (χ4n) is 1.40. The number of hydrogen-bond donors (Lipinski definition) is 2. The molecule has 2 N–H and O–H groups in total. The van der Waals surface area contributed by atoms with Crippen LogP contribution in [-0.2, 0) is 0 Å². The molecule has 2 amide bonds. The number of aryl methyl sites for hydroxylation is 1. The smallest absolute Gasteiger partial charge is 0.319 e. The monoisotopic (exact) mass is 236 g/mol. The minimum Gasteiger partial charge on any atom is -0.497 e. The highest BCUT2D eigenvalue weighted by atomic mass is 16.5. The van der Waals surface area contributed by atoms with Gasteiger partial charge in [-0.15, -0.1) is 0 Å². The summed E-state index contributed by atoms with van der Waals surface area (Å²) in [7, 11) is 1.62. The van der Waals surface area contributed by atoms with E-state index in [4.69, 9.17) is 4.74 Å². The highest BCUT2D eigenvalue weighted by molar-refractivity contribution is 5.90. The van der Waals surface area contributed by atoms with E-state index in [-0.39, 0.29) is 11.6 Å². The molecule has 4 nitrogen and oxygen atoms in total. The van der Waals surface area contributed by atoms with Gasteiger partial charge in [-0.1, -0.05) is 0 Å². The number of nitrogens with one attached hydrogen (secondary N) is 2. The van der Waals surface area contributed by atoms with Gasteiger partial charge >= 0.3 is 6.03 Å². The first-order valence-corrected chi connectivity index (χ1v) is 5.55. The molecule has 0 saturated carbocycles. The molecule has 17 heavy (non-hydrogen) atoms. The van der Waals surface area contributed by atoms with Crippen molar-refractivity contribution in [2.75, 3.05) is 12.4 Å². The van der Waals surface area contributed by atoms with Crippen LogP contribution in [0.25, 0.3) is 0 Å². The predicted octanol–water partition coefficient (Wildman–Crippen LogP) is 2.92. The van der Waals surface area contributed by atoms with E-state index in [2.05, 4.69) is 10.6 Å². The van der Waals surface area contributed by atoms with Crippen molar-refractivity contribution < 1.29 is 9.53 Å². The third-order valence-electron chi connectivity index (χ3n) is 2.17. The third kappa shape index (κ3) is 4.34. The molecule has 0 aliphatic heterocycles. The second kappa shape index (κ2) is 5.08. The van der Waals surface area contributed by atoms with Crippen LogP contribution < -0.4 is 15.4 Å². The Labute approximate surface area is 102 Å². The lowest BCUT2D eigenvalue weighted by molar-refractivity contribution is 0.244. The number of ether oxygens (including phenoxy) is 1. The van der Waals surface area contributed by atoms with E-state index in [1.54, 1.807) is 7.11 Å². The van der Waals surface area contributed by atoms with Gasteiger partial charge < -0.3 is 15.4 Å². The van der Waals surface area contributed by atoms with Crippen LogP contribution in [0.2, 0.25) is 0 Å². The number of hydrogen-bond acceptors (Lipinski definition) is 2. The van der Waals surface area contributed by atoms with Gasteiger partial charge in [0.2, 0.25) is 0 Å². The van der Waals surface area contributed by atoms with E-state index in [0.29, 0.717) is 0 Å². The molecule has 0 aliphatic carbocycles. The number of rotatable bonds is 2. The summed E-state index contributed by atoms with van der Waals surface area (Å²) in [4.78, 5) is 11.7. The van der Waals surface area contributed by atoms with Gasteiger partial charge in [0.15, 0.2) is 0 Å². The largest absolute Gasteiger partial charge is 0.497 e. The number of amides is 2. The summed E-state index contributed by atoms with van der Waals surface area (Å²) in [5.74, 6) is 0.782. The Morgan fingerprint density at radius 3 is 2.41 bits per heavy atom. The van der Waals surface area contributed by atoms with Gasteiger partial charge in [0.25, 0.3) is 0 Å². The maximum atomic E-state index is 11.7. The molecule has 1 aromatic rings. The van der Waals surface area contributed by atoms with Crippen molar-refractivity contribution in [1.29, 1.82) is 0 Å². The minimum absolute atomic E-state index is 0.203. The fraction of sp³-hybridized carbons (Fsp3) is 0.462. The summed E-state index contributed by atoms with van der Waals surface area (Å²) < 4.78 is 5.11. The van der Waals surface area contributed by atoms with Crippen molar-refractivity contribution >= 4 is 11.7 Å². The summed E-state index contributed by atoms with van der Waals surface area (Å²) in [6.07, 6.45) is 0. The maximum absolute atomic E-state index is 11.7. The molecule has 1 aromatic carbocycles. The first kappa shape index (κ1) is 13.4. The molecular weight excluding hydrogens is 216 g/mol. The van der Waals surface area contributed by atoms with Crippen molar-refractivity contribution in [1.82, 2.24) is 5.32 Å². The quantitative estimate of drug-likeness (QED) is 0.829. The van der Waals surface area contributed by atoms with Crippen LogP contribution in [0.5, 0.6) is 5.75 Å². The molecule has 0 atom stereocenters. The van der Waals surface area contributed by atoms with Gasteiger partial charge in [0.1, 0.15) is 5.75 Å². The zero-order chi connectivity index (χ0) is 13.1. The summed E-state index contributed by atoms with van der Waals surface area (Å²) in [6, 6.07) is 5.33. The molecule has 4 heteroatoms. The molecule has 0 radical (unpaired) electrons. The second-order valence-electron chi connectivity index (χ2n) is 5.01. The van der Waals surface area contributed by atoms with E-state index in [1.165, 1.54) is 0 Å². The molecular formula is C13H20N2O2. The van der Waals surface area contributed by atoms with Gasteiger partial charge in [0, 0.05) is 11.2 Å². The molecule has 0 saturated heterocycles. The van der Waals surface area contributed by atoms with Crippen LogP contribution in [0.4, 0.5) is 10.5 Å². The Balaban J connectivity index is 2.72. The van der Waals surface area contributed by atoms with E-state index in [9.17, 15) is 4.79 Å². The van der Waals surface area contributed by atoms with Gasteiger partial charge in [-0.25, -0.2) is 4.79 Å². The lowest BCUT2D eigenvalue weighted by Gasteiger charge is -2.21. The van der Waals surface area contributed by atoms with Crippen LogP contribution in [0.15, 0.2) is 18.2 Å². The van der Waals surface area contributed by atoms with Crippen molar-refractivity contribution in [3.05, 3.63) is 23.8 Å². The van der Waals surface area contributed by atoms with Gasteiger partial charge in [0.05, 0.1) is 7.11 Å². The summed E-state index contributed by atoms with van der Waals surface area (Å²) in [5, 5.41) is 5.65. The van der Waals surface area contributed by atoms with Crippen molar-refractivity contribution in [2.45, 2.75) is 33.2 Å². The Bertz CT molecular complexity index is 408. The zero-order valence-corrected chi connectivity index (χ0v) is 11.0. The van der Waals surface area contributed by atoms with Crippen molar-refractivity contribution in [2.24, 2.45) is 0 Å². The number of urea groups is 1. The van der Waals surface area contributed by atoms with Crippen LogP contribution in [0.3, 0.4) is 0 Å². The Morgan fingerprint density at radius 1 is 1.29 bits per heavy atom. The van der Waals surface area contributed by atoms with Crippen LogP contribution in [0.1, 0.15) is 26.3 Å². The Morgan fingerprint density at radius 2 is 1.94 bits per heavy atom. The number of carbonyl (C=O) groups is 1. The molecule has 0 aromatic heterocycles. The van der Waals surface area contributed by atoms with E-state index < -0.39 is 0 Å². The SMILES string of the molecule is COc1ccc(NC(=O)NC(C)(C)C)c(C)c1. The van der Waals surface area contributed by atoms with Crippen molar-refractivity contribution in [3.63, 3.8) is 0 Å². The number of methoxy groups -OCH3 is 1.